The van der Waals surface area contributed by atoms with E-state index in [0.717, 1.165) is 44.8 Å². The molecule has 32 nitrogen and oxygen atoms in total. The minimum atomic E-state index is -1.07. The second-order valence-corrected chi connectivity index (χ2v) is 23.5. The number of aryl methyl sites for hydroxylation is 6. The highest BCUT2D eigenvalue weighted by molar-refractivity contribution is 6.32. The SMILES string of the molecule is Cc1cc(Cl)cc(C#N)c1-n1cnnn1.Cc1cc(Cl)cc(C(=O)O)c1-n1cnnn1.Cc1cc(Cl)cc(C(=O)O)c1N.Cc1cc(Cl)cc(C(N)=O)c1-n1cnnn1.Cc1cc(Cl)cc(CN)c1-n1cnnn1.Cc1cc(Cl)cc(CNC(=O)OC(C)(C)C)c1-n1cnnn1. The Morgan fingerprint density at radius 2 is 0.812 bits per heavy atom. The number of nitriles is 1. The average Bonchev–Trinajstić information content (AvgIpc) is 1.46. The molecule has 0 saturated carbocycles. The lowest BCUT2D eigenvalue weighted by molar-refractivity contribution is 0.0522. The van der Waals surface area contributed by atoms with Crippen molar-refractivity contribution < 1.29 is 34.1 Å². The minimum absolute atomic E-state index is 0.0556. The third-order valence-corrected chi connectivity index (χ3v) is 13.9. The number of rotatable bonds is 11. The molecule has 0 aliphatic rings. The molecule has 0 aliphatic heterocycles. The molecule has 0 saturated heterocycles. The van der Waals surface area contributed by atoms with Crippen LogP contribution < -0.4 is 22.5 Å². The number of carbonyl (C=O) groups is 4. The number of tetrazole rings is 5. The van der Waals surface area contributed by atoms with Crippen molar-refractivity contribution in [2.24, 2.45) is 11.5 Å². The molecule has 0 radical (unpaired) electrons. The maximum Gasteiger partial charge on any atom is 0.407 e. The standard InChI is InChI=1S/C14H18ClN5O2.C9H8ClN5O.C9H10ClN5.C9H6ClN5.C9H7ClN4O2.C8H8ClNO2/c1-9-5-11(15)6-10(12(9)20-8-17-18-19-20)7-16-13(21)22-14(2,3)4;1-5-2-6(10)3-7(9(11)16)8(5)15-4-12-13-14-15;2*1-6-2-8(10)3-7(4-11)9(6)15-5-12-13-14-15;1-5-2-6(10)3-7(9(15)16)8(5)14-4-11-12-13-14;1-4-2-5(9)3-6(7(4)10)8(11)12/h5-6,8H,7H2,1-4H3,(H,16,21);2-4H,1H3,(H2,11,16);2-3,5H,4,11H2,1H3;2-3,5H,1H3;2-4H,1H3,(H,15,16);2-3H,10H2,1H3,(H,11,12). The molecule has 11 rings (SSSR count). The Morgan fingerprint density at radius 1 is 0.490 bits per heavy atom. The van der Waals surface area contributed by atoms with Gasteiger partial charge in [0.25, 0.3) is 5.91 Å². The van der Waals surface area contributed by atoms with Gasteiger partial charge in [0, 0.05) is 48.9 Å². The maximum atomic E-state index is 11.8. The van der Waals surface area contributed by atoms with E-state index in [1.807, 2.05) is 59.7 Å². The van der Waals surface area contributed by atoms with E-state index in [9.17, 15) is 19.2 Å². The zero-order valence-corrected chi connectivity index (χ0v) is 56.6. The van der Waals surface area contributed by atoms with Crippen molar-refractivity contribution in [2.45, 2.75) is 81.0 Å². The zero-order valence-electron chi connectivity index (χ0n) is 52.1. The van der Waals surface area contributed by atoms with Crippen LogP contribution >= 0.6 is 69.6 Å². The van der Waals surface area contributed by atoms with Gasteiger partial charge in [-0.05, 0) is 232 Å². The van der Waals surface area contributed by atoms with E-state index in [-0.39, 0.29) is 28.9 Å². The van der Waals surface area contributed by atoms with Crippen molar-refractivity contribution in [2.75, 3.05) is 5.73 Å². The van der Waals surface area contributed by atoms with Crippen LogP contribution in [0, 0.1) is 52.9 Å². The number of primary amides is 1. The summed E-state index contributed by atoms with van der Waals surface area (Å²) in [5, 5.41) is 86.8. The Labute approximate surface area is 575 Å². The molecule has 5 heterocycles. The lowest BCUT2D eigenvalue weighted by Gasteiger charge is -2.20. The van der Waals surface area contributed by atoms with Crippen molar-refractivity contribution in [1.29, 1.82) is 5.26 Å². The van der Waals surface area contributed by atoms with Crippen molar-refractivity contribution in [3.63, 3.8) is 0 Å². The van der Waals surface area contributed by atoms with E-state index < -0.39 is 29.5 Å². The van der Waals surface area contributed by atoms with Crippen LogP contribution in [0.15, 0.2) is 104 Å². The van der Waals surface area contributed by atoms with Gasteiger partial charge in [0.1, 0.15) is 43.3 Å². The smallest absolute Gasteiger partial charge is 0.407 e. The summed E-state index contributed by atoms with van der Waals surface area (Å²) in [4.78, 5) is 44.8. The molecule has 0 bridgehead atoms. The van der Waals surface area contributed by atoms with Gasteiger partial charge in [0.05, 0.1) is 50.7 Å². The molecule has 6 aromatic carbocycles. The Kier molecular flexibility index (Phi) is 26.3. The first kappa shape index (κ1) is 74.4. The van der Waals surface area contributed by atoms with Gasteiger partial charge >= 0.3 is 18.0 Å². The predicted molar refractivity (Wildman–Crippen MR) is 353 cm³/mol. The summed E-state index contributed by atoms with van der Waals surface area (Å²) >= 11 is 35.2. The van der Waals surface area contributed by atoms with Crippen molar-refractivity contribution in [3.8, 4) is 34.5 Å². The number of nitrogens with one attached hydrogen (secondary N) is 1. The first-order valence-electron chi connectivity index (χ1n) is 27.5. The summed E-state index contributed by atoms with van der Waals surface area (Å²) in [5.41, 5.74) is 26.9. The molecule has 0 atom stereocenters. The highest BCUT2D eigenvalue weighted by Crippen LogP contribution is 2.29. The summed E-state index contributed by atoms with van der Waals surface area (Å²) in [5.74, 6) is -2.70. The predicted octanol–water partition coefficient (Wildman–Crippen LogP) is 9.20. The molecule has 0 fully saturated rings. The molecule has 0 unspecified atom stereocenters. The number of carboxylic acids is 2. The quantitative estimate of drug-likeness (QED) is 0.0657. The van der Waals surface area contributed by atoms with Crippen LogP contribution in [0.5, 0.6) is 0 Å². The van der Waals surface area contributed by atoms with Crippen LogP contribution in [0.4, 0.5) is 10.5 Å². The van der Waals surface area contributed by atoms with Gasteiger partial charge in [-0.1, -0.05) is 69.6 Å². The second kappa shape index (κ2) is 34.0. The van der Waals surface area contributed by atoms with Crippen LogP contribution in [0.1, 0.15) is 102 Å². The van der Waals surface area contributed by atoms with Crippen LogP contribution in [0.2, 0.25) is 30.1 Å². The van der Waals surface area contributed by atoms with Crippen LogP contribution in [0.25, 0.3) is 28.4 Å². The van der Waals surface area contributed by atoms with Gasteiger partial charge in [0.2, 0.25) is 0 Å². The van der Waals surface area contributed by atoms with Crippen molar-refractivity contribution in [1.82, 2.24) is 106 Å². The van der Waals surface area contributed by atoms with E-state index in [1.165, 1.54) is 68.6 Å². The summed E-state index contributed by atoms with van der Waals surface area (Å²) in [6.07, 6.45) is 6.71. The van der Waals surface area contributed by atoms with Gasteiger partial charge in [0.15, 0.2) is 0 Å². The highest BCUT2D eigenvalue weighted by atomic mass is 35.5. The summed E-state index contributed by atoms with van der Waals surface area (Å²) in [6, 6.07) is 21.9. The maximum absolute atomic E-state index is 11.8. The van der Waals surface area contributed by atoms with E-state index in [0.29, 0.717) is 70.4 Å². The lowest BCUT2D eigenvalue weighted by Crippen LogP contribution is -2.32. The number of aromatic nitrogens is 20. The Bertz CT molecular complexity index is 4450. The number of nitrogens with zero attached hydrogens (tertiary/aromatic N) is 21. The van der Waals surface area contributed by atoms with E-state index in [2.05, 4.69) is 89.0 Å². The van der Waals surface area contributed by atoms with Gasteiger partial charge in [-0.2, -0.15) is 28.7 Å². The summed E-state index contributed by atoms with van der Waals surface area (Å²) in [6.45, 7) is 17.0. The number of halogens is 6. The number of anilines is 1. The van der Waals surface area contributed by atoms with Gasteiger partial charge in [-0.25, -0.2) is 14.4 Å². The van der Waals surface area contributed by atoms with Gasteiger partial charge in [-0.3, -0.25) is 4.79 Å². The van der Waals surface area contributed by atoms with Gasteiger partial charge in [-0.15, -0.1) is 25.5 Å². The number of carboxylic acid groups (broad SMARTS) is 2. The Morgan fingerprint density at radius 3 is 1.19 bits per heavy atom. The van der Waals surface area contributed by atoms with Crippen LogP contribution in [0.3, 0.4) is 0 Å². The number of nitrogen functional groups attached to an aromatic ring is 1. The number of nitrogens with two attached hydrogens (primary N) is 3. The van der Waals surface area contributed by atoms with E-state index >= 15 is 0 Å². The first-order valence-corrected chi connectivity index (χ1v) is 29.7. The number of amides is 2. The summed E-state index contributed by atoms with van der Waals surface area (Å²) in [7, 11) is 0. The molecular weight excluding hydrogens is 1370 g/mol. The largest absolute Gasteiger partial charge is 0.478 e. The minimum Gasteiger partial charge on any atom is -0.478 e. The number of hydrogen-bond donors (Lipinski definition) is 6. The topological polar surface area (TPSA) is 450 Å². The molecule has 96 heavy (non-hydrogen) atoms. The number of hydrogen-bond acceptors (Lipinski definition) is 23. The molecule has 5 aromatic heterocycles. The molecule has 9 N–H and O–H groups in total. The Hall–Kier alpha value is -10.7. The molecule has 0 aliphatic carbocycles. The first-order chi connectivity index (χ1) is 45.4. The summed E-state index contributed by atoms with van der Waals surface area (Å²) < 4.78 is 12.5. The zero-order chi connectivity index (χ0) is 70.7. The van der Waals surface area contributed by atoms with E-state index in [1.54, 1.807) is 61.9 Å². The van der Waals surface area contributed by atoms with Crippen LogP contribution in [-0.2, 0) is 17.8 Å². The van der Waals surface area contributed by atoms with E-state index in [4.69, 9.17) is 107 Å². The normalized spacial score (nSPS) is 10.5. The second-order valence-electron chi connectivity index (χ2n) is 20.9. The fourth-order valence-corrected chi connectivity index (χ4v) is 10.5. The number of ether oxygens (including phenoxy) is 1. The molecular formula is C58H57Cl6N25O7. The van der Waals surface area contributed by atoms with Crippen LogP contribution in [-0.4, -0.2) is 141 Å². The number of carbonyl (C=O) groups excluding carboxylic acids is 2. The van der Waals surface area contributed by atoms with Crippen molar-refractivity contribution >= 4 is 99.2 Å². The number of aromatic carboxylic acids is 2. The third-order valence-electron chi connectivity index (χ3n) is 12.6. The number of alkyl carbamates (subject to hydrolysis) is 1. The molecule has 0 spiro atoms. The molecule has 498 valence electrons. The molecule has 2 amide bonds. The third kappa shape index (κ3) is 20.4. The number of benzene rings is 6. The average molecular weight is 1430 g/mol. The monoisotopic (exact) mass is 1430 g/mol. The van der Waals surface area contributed by atoms with Crippen molar-refractivity contribution in [3.05, 3.63) is 201 Å². The molecule has 11 aromatic rings. The Balaban J connectivity index is 0.000000184. The molecule has 38 heteroatoms. The van der Waals surface area contributed by atoms with Gasteiger partial charge < -0.3 is 37.5 Å². The lowest BCUT2D eigenvalue weighted by atomic mass is 10.1. The fourth-order valence-electron chi connectivity index (χ4n) is 8.84. The highest BCUT2D eigenvalue weighted by Gasteiger charge is 2.21. The fraction of sp³-hybridized carbons (Fsp3) is 0.207.